The van der Waals surface area contributed by atoms with Gasteiger partial charge < -0.3 is 19.9 Å². The molecule has 0 unspecified atom stereocenters. The van der Waals surface area contributed by atoms with Gasteiger partial charge in [-0.15, -0.1) is 0 Å². The Morgan fingerprint density at radius 3 is 2.83 bits per heavy atom. The maximum atomic E-state index is 11.3. The Kier molecular flexibility index (Phi) is 6.64. The topological polar surface area (TPSA) is 70.8 Å². The molecule has 0 fully saturated rings. The normalized spacial score (nSPS) is 10.1. The van der Waals surface area contributed by atoms with Gasteiger partial charge in [0.1, 0.15) is 12.4 Å². The summed E-state index contributed by atoms with van der Waals surface area (Å²) in [5.41, 5.74) is 6.23. The second-order valence-electron chi connectivity index (χ2n) is 3.59. The first-order chi connectivity index (χ1) is 8.72. The molecule has 0 heterocycles. The average molecular weight is 253 g/mol. The summed E-state index contributed by atoms with van der Waals surface area (Å²) in [6.07, 6.45) is 0.209. The van der Waals surface area contributed by atoms with E-state index in [-0.39, 0.29) is 25.6 Å². The summed E-state index contributed by atoms with van der Waals surface area (Å²) < 4.78 is 15.4. The SMILES string of the molecule is CCOCCOC(=O)CCOc1cccc(N)c1. The Balaban J connectivity index is 2.12. The van der Waals surface area contributed by atoms with Gasteiger partial charge in [-0.1, -0.05) is 6.07 Å². The van der Waals surface area contributed by atoms with E-state index in [1.165, 1.54) is 0 Å². The number of carbonyl (C=O) groups is 1. The fourth-order valence-electron chi connectivity index (χ4n) is 1.29. The molecule has 0 amide bonds. The number of benzene rings is 1. The van der Waals surface area contributed by atoms with Gasteiger partial charge in [0.25, 0.3) is 0 Å². The number of nitrogen functional groups attached to an aromatic ring is 1. The molecule has 18 heavy (non-hydrogen) atoms. The first-order valence-corrected chi connectivity index (χ1v) is 5.94. The molecule has 2 N–H and O–H groups in total. The molecule has 5 nitrogen and oxygen atoms in total. The Morgan fingerprint density at radius 1 is 1.28 bits per heavy atom. The lowest BCUT2D eigenvalue weighted by Gasteiger charge is -2.07. The van der Waals surface area contributed by atoms with E-state index in [1.807, 2.05) is 6.92 Å². The van der Waals surface area contributed by atoms with Crippen LogP contribution in [-0.2, 0) is 14.3 Å². The third-order valence-electron chi connectivity index (χ3n) is 2.13. The highest BCUT2D eigenvalue weighted by Gasteiger charge is 2.03. The van der Waals surface area contributed by atoms with Crippen molar-refractivity contribution in [1.82, 2.24) is 0 Å². The van der Waals surface area contributed by atoms with Crippen molar-refractivity contribution in [2.75, 3.05) is 32.2 Å². The lowest BCUT2D eigenvalue weighted by atomic mass is 10.3. The van der Waals surface area contributed by atoms with Crippen molar-refractivity contribution in [1.29, 1.82) is 0 Å². The van der Waals surface area contributed by atoms with Crippen LogP contribution < -0.4 is 10.5 Å². The zero-order valence-corrected chi connectivity index (χ0v) is 10.6. The largest absolute Gasteiger partial charge is 0.493 e. The van der Waals surface area contributed by atoms with E-state index in [4.69, 9.17) is 19.9 Å². The molecule has 0 radical (unpaired) electrons. The van der Waals surface area contributed by atoms with Crippen LogP contribution in [0.25, 0.3) is 0 Å². The van der Waals surface area contributed by atoms with Gasteiger partial charge in [0.2, 0.25) is 0 Å². The van der Waals surface area contributed by atoms with E-state index in [0.29, 0.717) is 24.7 Å². The second-order valence-corrected chi connectivity index (χ2v) is 3.59. The number of ether oxygens (including phenoxy) is 3. The molecule has 100 valence electrons. The molecule has 0 spiro atoms. The first-order valence-electron chi connectivity index (χ1n) is 5.94. The predicted octanol–water partition coefficient (Wildman–Crippen LogP) is 1.62. The highest BCUT2D eigenvalue weighted by atomic mass is 16.6. The minimum Gasteiger partial charge on any atom is -0.493 e. The maximum absolute atomic E-state index is 11.3. The number of anilines is 1. The van der Waals surface area contributed by atoms with Crippen molar-refractivity contribution in [2.45, 2.75) is 13.3 Å². The van der Waals surface area contributed by atoms with Gasteiger partial charge in [-0.05, 0) is 19.1 Å². The van der Waals surface area contributed by atoms with Gasteiger partial charge in [0, 0.05) is 18.4 Å². The Morgan fingerprint density at radius 2 is 2.11 bits per heavy atom. The molecular weight excluding hydrogens is 234 g/mol. The van der Waals surface area contributed by atoms with Crippen molar-refractivity contribution in [3.63, 3.8) is 0 Å². The number of esters is 1. The summed E-state index contributed by atoms with van der Waals surface area (Å²) in [6.45, 7) is 3.50. The van der Waals surface area contributed by atoms with Gasteiger partial charge in [-0.2, -0.15) is 0 Å². The second kappa shape index (κ2) is 8.36. The minimum atomic E-state index is -0.293. The predicted molar refractivity (Wildman–Crippen MR) is 68.4 cm³/mol. The number of rotatable bonds is 8. The lowest BCUT2D eigenvalue weighted by Crippen LogP contribution is -2.13. The van der Waals surface area contributed by atoms with Crippen molar-refractivity contribution < 1.29 is 19.0 Å². The number of nitrogens with two attached hydrogens (primary N) is 1. The van der Waals surface area contributed by atoms with Crippen molar-refractivity contribution >= 4 is 11.7 Å². The van der Waals surface area contributed by atoms with E-state index in [2.05, 4.69) is 0 Å². The molecule has 0 saturated carbocycles. The summed E-state index contributed by atoms with van der Waals surface area (Å²) in [6, 6.07) is 7.07. The summed E-state index contributed by atoms with van der Waals surface area (Å²) in [7, 11) is 0. The van der Waals surface area contributed by atoms with Crippen LogP contribution in [0.1, 0.15) is 13.3 Å². The summed E-state index contributed by atoms with van der Waals surface area (Å²) >= 11 is 0. The fraction of sp³-hybridized carbons (Fsp3) is 0.462. The van der Waals surface area contributed by atoms with Gasteiger partial charge in [-0.3, -0.25) is 4.79 Å². The number of hydrogen-bond donors (Lipinski definition) is 1. The van der Waals surface area contributed by atoms with Crippen LogP contribution in [0.15, 0.2) is 24.3 Å². The summed E-state index contributed by atoms with van der Waals surface area (Å²) in [4.78, 5) is 11.3. The molecule has 1 rings (SSSR count). The minimum absolute atomic E-state index is 0.209. The van der Waals surface area contributed by atoms with E-state index >= 15 is 0 Å². The van der Waals surface area contributed by atoms with E-state index in [9.17, 15) is 4.79 Å². The lowest BCUT2D eigenvalue weighted by molar-refractivity contribution is -0.145. The molecule has 1 aromatic rings. The van der Waals surface area contributed by atoms with E-state index < -0.39 is 0 Å². The van der Waals surface area contributed by atoms with Crippen molar-refractivity contribution in [3.8, 4) is 5.75 Å². The zero-order valence-electron chi connectivity index (χ0n) is 10.6. The van der Waals surface area contributed by atoms with Gasteiger partial charge in [0.15, 0.2) is 0 Å². The maximum Gasteiger partial charge on any atom is 0.309 e. The molecular formula is C13H19NO4. The first kappa shape index (κ1) is 14.3. The third-order valence-corrected chi connectivity index (χ3v) is 2.13. The van der Waals surface area contributed by atoms with Gasteiger partial charge in [0.05, 0.1) is 19.6 Å². The summed E-state index contributed by atoms with van der Waals surface area (Å²) in [5.74, 6) is 0.357. The molecule has 1 aromatic carbocycles. The molecule has 0 atom stereocenters. The number of hydrogen-bond acceptors (Lipinski definition) is 5. The quantitative estimate of drug-likeness (QED) is 0.433. The molecule has 0 saturated heterocycles. The van der Waals surface area contributed by atoms with Crippen LogP contribution in [0.2, 0.25) is 0 Å². The van der Waals surface area contributed by atoms with Crippen LogP contribution in [0.4, 0.5) is 5.69 Å². The molecule has 0 aliphatic heterocycles. The van der Waals surface area contributed by atoms with Crippen molar-refractivity contribution in [2.24, 2.45) is 0 Å². The highest BCUT2D eigenvalue weighted by molar-refractivity contribution is 5.69. The Hall–Kier alpha value is -1.75. The van der Waals surface area contributed by atoms with E-state index in [0.717, 1.165) is 0 Å². The molecule has 0 aromatic heterocycles. The van der Waals surface area contributed by atoms with Crippen LogP contribution in [0, 0.1) is 0 Å². The molecule has 0 bridgehead atoms. The smallest absolute Gasteiger partial charge is 0.309 e. The van der Waals surface area contributed by atoms with Crippen LogP contribution >= 0.6 is 0 Å². The highest BCUT2D eigenvalue weighted by Crippen LogP contribution is 2.14. The standard InChI is InChI=1S/C13H19NO4/c1-2-16-8-9-18-13(15)6-7-17-12-5-3-4-11(14)10-12/h3-5,10H,2,6-9,14H2,1H3. The van der Waals surface area contributed by atoms with Gasteiger partial charge in [-0.25, -0.2) is 0 Å². The summed E-state index contributed by atoms with van der Waals surface area (Å²) in [5, 5.41) is 0. The molecule has 0 aliphatic rings. The monoisotopic (exact) mass is 253 g/mol. The molecule has 5 heteroatoms. The van der Waals surface area contributed by atoms with Crippen LogP contribution in [0.3, 0.4) is 0 Å². The third kappa shape index (κ3) is 6.10. The van der Waals surface area contributed by atoms with E-state index in [1.54, 1.807) is 24.3 Å². The average Bonchev–Trinajstić information content (AvgIpc) is 2.35. The van der Waals surface area contributed by atoms with Crippen LogP contribution in [0.5, 0.6) is 5.75 Å². The van der Waals surface area contributed by atoms with Crippen LogP contribution in [-0.4, -0.2) is 32.4 Å². The van der Waals surface area contributed by atoms with Gasteiger partial charge >= 0.3 is 5.97 Å². The number of carbonyl (C=O) groups excluding carboxylic acids is 1. The Bertz CT molecular complexity index is 368. The zero-order chi connectivity index (χ0) is 13.2. The molecule has 0 aliphatic carbocycles. The van der Waals surface area contributed by atoms with Crippen molar-refractivity contribution in [3.05, 3.63) is 24.3 Å². The fourth-order valence-corrected chi connectivity index (χ4v) is 1.29. The Labute approximate surface area is 107 Å².